The van der Waals surface area contributed by atoms with Crippen molar-refractivity contribution >= 4 is 15.5 Å². The molecule has 0 atom stereocenters. The van der Waals surface area contributed by atoms with E-state index in [-0.39, 0.29) is 16.3 Å². The van der Waals surface area contributed by atoms with Crippen LogP contribution in [0.15, 0.2) is 23.1 Å². The highest BCUT2D eigenvalue weighted by atomic mass is 32.2. The standard InChI is InChI=1S/C13H17FN2O2S/c1-13(2,9-15)6-3-7-19(17,18)12-5-4-10(16)8-11(12)14/h4-5,8H,3,6-7,16H2,1-2H3. The summed E-state index contributed by atoms with van der Waals surface area (Å²) < 4.78 is 37.5. The first-order chi connectivity index (χ1) is 8.68. The predicted octanol–water partition coefficient (Wildman–Crippen LogP) is 2.51. The summed E-state index contributed by atoms with van der Waals surface area (Å²) in [6, 6.07) is 5.63. The van der Waals surface area contributed by atoms with E-state index in [2.05, 4.69) is 6.07 Å². The molecule has 6 heteroatoms. The number of nitrogens with two attached hydrogens (primary N) is 1. The average molecular weight is 284 g/mol. The van der Waals surface area contributed by atoms with Gasteiger partial charge in [-0.2, -0.15) is 5.26 Å². The Hall–Kier alpha value is -1.61. The van der Waals surface area contributed by atoms with Gasteiger partial charge in [0.1, 0.15) is 10.7 Å². The number of nitrogen functional groups attached to an aromatic ring is 1. The molecule has 1 aromatic carbocycles. The lowest BCUT2D eigenvalue weighted by Crippen LogP contribution is -2.13. The van der Waals surface area contributed by atoms with Gasteiger partial charge in [0.2, 0.25) is 0 Å². The minimum absolute atomic E-state index is 0.182. The maximum absolute atomic E-state index is 13.6. The van der Waals surface area contributed by atoms with Crippen LogP contribution in [0.1, 0.15) is 26.7 Å². The molecule has 2 N–H and O–H groups in total. The smallest absolute Gasteiger partial charge is 0.181 e. The van der Waals surface area contributed by atoms with Crippen molar-refractivity contribution in [3.8, 4) is 6.07 Å². The van der Waals surface area contributed by atoms with Gasteiger partial charge in [0.05, 0.1) is 17.2 Å². The van der Waals surface area contributed by atoms with E-state index in [1.807, 2.05) is 0 Å². The number of hydrogen-bond donors (Lipinski definition) is 1. The highest BCUT2D eigenvalue weighted by Gasteiger charge is 2.22. The molecule has 104 valence electrons. The Morgan fingerprint density at radius 2 is 2.05 bits per heavy atom. The summed E-state index contributed by atoms with van der Waals surface area (Å²) in [5.74, 6) is -1.02. The number of nitriles is 1. The zero-order valence-electron chi connectivity index (χ0n) is 11.0. The van der Waals surface area contributed by atoms with E-state index < -0.39 is 21.1 Å². The molecule has 1 rings (SSSR count). The van der Waals surface area contributed by atoms with Crippen LogP contribution >= 0.6 is 0 Å². The number of halogens is 1. The van der Waals surface area contributed by atoms with Gasteiger partial charge < -0.3 is 5.73 Å². The van der Waals surface area contributed by atoms with Crippen LogP contribution in [0.25, 0.3) is 0 Å². The lowest BCUT2D eigenvalue weighted by atomic mass is 9.90. The molecule has 0 aliphatic carbocycles. The quantitative estimate of drug-likeness (QED) is 0.842. The van der Waals surface area contributed by atoms with Gasteiger partial charge in [0.25, 0.3) is 0 Å². The summed E-state index contributed by atoms with van der Waals surface area (Å²) in [7, 11) is -3.68. The monoisotopic (exact) mass is 284 g/mol. The normalized spacial score (nSPS) is 12.1. The van der Waals surface area contributed by atoms with Crippen LogP contribution < -0.4 is 5.73 Å². The van der Waals surface area contributed by atoms with E-state index in [0.717, 1.165) is 6.07 Å². The van der Waals surface area contributed by atoms with Crippen molar-refractivity contribution in [2.24, 2.45) is 5.41 Å². The second-order valence-electron chi connectivity index (χ2n) is 5.11. The third-order valence-electron chi connectivity index (χ3n) is 2.81. The first kappa shape index (κ1) is 15.4. The molecule has 0 saturated carbocycles. The van der Waals surface area contributed by atoms with Crippen LogP contribution in [0.2, 0.25) is 0 Å². The minimum Gasteiger partial charge on any atom is -0.399 e. The fraction of sp³-hybridized carbons (Fsp3) is 0.462. The van der Waals surface area contributed by atoms with Gasteiger partial charge in [-0.1, -0.05) is 0 Å². The van der Waals surface area contributed by atoms with Gasteiger partial charge in [0, 0.05) is 5.69 Å². The molecular weight excluding hydrogens is 267 g/mol. The van der Waals surface area contributed by atoms with Crippen LogP contribution in [0.3, 0.4) is 0 Å². The van der Waals surface area contributed by atoms with Crippen molar-refractivity contribution in [3.63, 3.8) is 0 Å². The van der Waals surface area contributed by atoms with Gasteiger partial charge in [-0.3, -0.25) is 0 Å². The van der Waals surface area contributed by atoms with E-state index in [9.17, 15) is 12.8 Å². The third kappa shape index (κ3) is 4.21. The van der Waals surface area contributed by atoms with Crippen molar-refractivity contribution in [1.29, 1.82) is 5.26 Å². The molecule has 0 aromatic heterocycles. The van der Waals surface area contributed by atoms with Crippen molar-refractivity contribution in [1.82, 2.24) is 0 Å². The zero-order valence-corrected chi connectivity index (χ0v) is 11.8. The highest BCUT2D eigenvalue weighted by Crippen LogP contribution is 2.24. The fourth-order valence-electron chi connectivity index (χ4n) is 1.64. The molecule has 0 aliphatic heterocycles. The van der Waals surface area contributed by atoms with Gasteiger partial charge in [-0.15, -0.1) is 0 Å². The van der Waals surface area contributed by atoms with Crippen LogP contribution in [-0.4, -0.2) is 14.2 Å². The number of hydrogen-bond acceptors (Lipinski definition) is 4. The molecule has 0 heterocycles. The Balaban J connectivity index is 2.80. The minimum atomic E-state index is -3.68. The van der Waals surface area contributed by atoms with Crippen molar-refractivity contribution in [3.05, 3.63) is 24.0 Å². The van der Waals surface area contributed by atoms with Crippen LogP contribution in [0.5, 0.6) is 0 Å². The molecule has 0 unspecified atom stereocenters. The number of nitrogens with zero attached hydrogens (tertiary/aromatic N) is 1. The lowest BCUT2D eigenvalue weighted by molar-refractivity contribution is 0.445. The topological polar surface area (TPSA) is 84.0 Å². The fourth-order valence-corrected chi connectivity index (χ4v) is 3.02. The summed E-state index contributed by atoms with van der Waals surface area (Å²) in [5, 5.41) is 8.84. The molecule has 0 spiro atoms. The van der Waals surface area contributed by atoms with Gasteiger partial charge in [0.15, 0.2) is 9.84 Å². The van der Waals surface area contributed by atoms with E-state index in [1.54, 1.807) is 13.8 Å². The summed E-state index contributed by atoms with van der Waals surface area (Å²) in [4.78, 5) is -0.337. The van der Waals surface area contributed by atoms with Crippen LogP contribution in [-0.2, 0) is 9.84 Å². The Kier molecular flexibility index (Phi) is 4.53. The maximum atomic E-state index is 13.6. The van der Waals surface area contributed by atoms with E-state index in [1.165, 1.54) is 12.1 Å². The Morgan fingerprint density at radius 1 is 1.42 bits per heavy atom. The first-order valence-electron chi connectivity index (χ1n) is 5.87. The Bertz CT molecular complexity index is 604. The first-order valence-corrected chi connectivity index (χ1v) is 7.52. The SMILES string of the molecule is CC(C)(C#N)CCCS(=O)(=O)c1ccc(N)cc1F. The lowest BCUT2D eigenvalue weighted by Gasteiger charge is -2.14. The van der Waals surface area contributed by atoms with Gasteiger partial charge in [-0.25, -0.2) is 12.8 Å². The average Bonchev–Trinajstić information content (AvgIpc) is 2.27. The molecule has 1 aromatic rings. The highest BCUT2D eigenvalue weighted by molar-refractivity contribution is 7.91. The number of rotatable bonds is 5. The summed E-state index contributed by atoms with van der Waals surface area (Å²) in [6.07, 6.45) is 0.756. The largest absolute Gasteiger partial charge is 0.399 e. The Labute approximate surface area is 113 Å². The second-order valence-corrected chi connectivity index (χ2v) is 7.19. The molecule has 4 nitrogen and oxygen atoms in total. The number of anilines is 1. The molecule has 19 heavy (non-hydrogen) atoms. The summed E-state index contributed by atoms with van der Waals surface area (Å²) in [5.41, 5.74) is 4.98. The molecule has 0 saturated heterocycles. The predicted molar refractivity (Wildman–Crippen MR) is 71.5 cm³/mol. The number of sulfone groups is 1. The zero-order chi connectivity index (χ0) is 14.7. The molecule has 0 bridgehead atoms. The van der Waals surface area contributed by atoms with Crippen LogP contribution in [0, 0.1) is 22.6 Å². The molecule has 0 amide bonds. The van der Waals surface area contributed by atoms with Gasteiger partial charge in [-0.05, 0) is 44.9 Å². The summed E-state index contributed by atoms with van der Waals surface area (Å²) in [6.45, 7) is 3.48. The maximum Gasteiger partial charge on any atom is 0.181 e. The van der Waals surface area contributed by atoms with Crippen molar-refractivity contribution in [2.75, 3.05) is 11.5 Å². The number of benzene rings is 1. The molecular formula is C13H17FN2O2S. The summed E-state index contributed by atoms with van der Waals surface area (Å²) >= 11 is 0. The van der Waals surface area contributed by atoms with Crippen LogP contribution in [0.4, 0.5) is 10.1 Å². The van der Waals surface area contributed by atoms with E-state index >= 15 is 0 Å². The Morgan fingerprint density at radius 3 is 2.58 bits per heavy atom. The van der Waals surface area contributed by atoms with Crippen molar-refractivity contribution < 1.29 is 12.8 Å². The molecule has 0 radical (unpaired) electrons. The second kappa shape index (κ2) is 5.57. The van der Waals surface area contributed by atoms with E-state index in [4.69, 9.17) is 11.0 Å². The molecule has 0 fully saturated rings. The third-order valence-corrected chi connectivity index (χ3v) is 4.64. The van der Waals surface area contributed by atoms with Crippen molar-refractivity contribution in [2.45, 2.75) is 31.6 Å². The van der Waals surface area contributed by atoms with E-state index in [0.29, 0.717) is 12.8 Å². The van der Waals surface area contributed by atoms with Gasteiger partial charge >= 0.3 is 0 Å². The molecule has 0 aliphatic rings.